The molecule has 0 bridgehead atoms. The van der Waals surface area contributed by atoms with Crippen LogP contribution in [-0.2, 0) is 22.4 Å². The standard InChI is InChI=1S/C20H24N2O2S/c1-14(2)9-10-22-18-7-6-16(12-15(18)5-8-20(22)24)21-19(23)13-17-4-3-11-25-17/h3-4,6-7,11-12,14H,5,8-10,13H2,1-2H3,(H,21,23). The molecule has 1 aromatic carbocycles. The second-order valence-electron chi connectivity index (χ2n) is 6.88. The van der Waals surface area contributed by atoms with Crippen LogP contribution in [0.2, 0.25) is 0 Å². The van der Waals surface area contributed by atoms with Crippen LogP contribution >= 0.6 is 11.3 Å². The highest BCUT2D eigenvalue weighted by molar-refractivity contribution is 7.10. The molecule has 132 valence electrons. The molecule has 0 radical (unpaired) electrons. The summed E-state index contributed by atoms with van der Waals surface area (Å²) in [6.07, 6.45) is 2.66. The van der Waals surface area contributed by atoms with Crippen LogP contribution in [0.3, 0.4) is 0 Å². The topological polar surface area (TPSA) is 49.4 Å². The Bertz CT molecular complexity index is 753. The van der Waals surface area contributed by atoms with Gasteiger partial charge in [0.25, 0.3) is 0 Å². The van der Waals surface area contributed by atoms with Gasteiger partial charge in [0.1, 0.15) is 0 Å². The van der Waals surface area contributed by atoms with E-state index in [0.29, 0.717) is 18.8 Å². The number of thiophene rings is 1. The van der Waals surface area contributed by atoms with Gasteiger partial charge in [0.15, 0.2) is 0 Å². The number of anilines is 2. The third kappa shape index (κ3) is 4.48. The molecule has 0 saturated carbocycles. The Morgan fingerprint density at radius 1 is 1.28 bits per heavy atom. The minimum Gasteiger partial charge on any atom is -0.326 e. The van der Waals surface area contributed by atoms with Crippen molar-refractivity contribution < 1.29 is 9.59 Å². The van der Waals surface area contributed by atoms with Gasteiger partial charge in [0.2, 0.25) is 11.8 Å². The Labute approximate surface area is 152 Å². The van der Waals surface area contributed by atoms with Crippen molar-refractivity contribution in [2.75, 3.05) is 16.8 Å². The molecule has 0 atom stereocenters. The number of nitrogens with one attached hydrogen (secondary N) is 1. The highest BCUT2D eigenvalue weighted by atomic mass is 32.1. The zero-order valence-corrected chi connectivity index (χ0v) is 15.6. The first-order valence-electron chi connectivity index (χ1n) is 8.78. The lowest BCUT2D eigenvalue weighted by Crippen LogP contribution is -2.36. The van der Waals surface area contributed by atoms with Gasteiger partial charge in [-0.2, -0.15) is 0 Å². The van der Waals surface area contributed by atoms with E-state index in [2.05, 4.69) is 19.2 Å². The molecule has 4 nitrogen and oxygen atoms in total. The maximum absolute atomic E-state index is 12.3. The smallest absolute Gasteiger partial charge is 0.229 e. The van der Waals surface area contributed by atoms with Crippen LogP contribution < -0.4 is 10.2 Å². The van der Waals surface area contributed by atoms with E-state index in [1.54, 1.807) is 11.3 Å². The van der Waals surface area contributed by atoms with Crippen molar-refractivity contribution in [2.24, 2.45) is 5.92 Å². The molecule has 25 heavy (non-hydrogen) atoms. The van der Waals surface area contributed by atoms with Crippen molar-refractivity contribution in [1.82, 2.24) is 0 Å². The Balaban J connectivity index is 1.70. The lowest BCUT2D eigenvalue weighted by molar-refractivity contribution is -0.119. The molecule has 5 heteroatoms. The Hall–Kier alpha value is -2.14. The first-order chi connectivity index (χ1) is 12.0. The van der Waals surface area contributed by atoms with Crippen molar-refractivity contribution in [3.05, 3.63) is 46.2 Å². The molecule has 1 aliphatic rings. The molecule has 1 N–H and O–H groups in total. The van der Waals surface area contributed by atoms with Crippen LogP contribution in [0.4, 0.5) is 11.4 Å². The second kappa shape index (κ2) is 7.83. The number of nitrogens with zero attached hydrogens (tertiary/aromatic N) is 1. The monoisotopic (exact) mass is 356 g/mol. The summed E-state index contributed by atoms with van der Waals surface area (Å²) in [5.74, 6) is 0.752. The van der Waals surface area contributed by atoms with Gasteiger partial charge in [-0.3, -0.25) is 9.59 Å². The summed E-state index contributed by atoms with van der Waals surface area (Å²) in [5.41, 5.74) is 2.93. The van der Waals surface area contributed by atoms with Crippen LogP contribution in [-0.4, -0.2) is 18.4 Å². The number of carbonyl (C=O) groups excluding carboxylic acids is 2. The molecule has 3 rings (SSSR count). The van der Waals surface area contributed by atoms with Crippen molar-refractivity contribution >= 4 is 34.5 Å². The zero-order chi connectivity index (χ0) is 17.8. The Morgan fingerprint density at radius 2 is 2.12 bits per heavy atom. The van der Waals surface area contributed by atoms with Gasteiger partial charge in [-0.05, 0) is 54.0 Å². The molecule has 1 aromatic heterocycles. The number of hydrogen-bond donors (Lipinski definition) is 1. The Kier molecular flexibility index (Phi) is 5.53. The van der Waals surface area contributed by atoms with Crippen molar-refractivity contribution in [2.45, 2.75) is 39.5 Å². The number of rotatable bonds is 6. The summed E-state index contributed by atoms with van der Waals surface area (Å²) in [7, 11) is 0. The van der Waals surface area contributed by atoms with Gasteiger partial charge in [-0.25, -0.2) is 0 Å². The quantitative estimate of drug-likeness (QED) is 0.841. The summed E-state index contributed by atoms with van der Waals surface area (Å²) in [4.78, 5) is 27.4. The molecule has 2 amide bonds. The van der Waals surface area contributed by atoms with E-state index in [-0.39, 0.29) is 11.8 Å². The van der Waals surface area contributed by atoms with Gasteiger partial charge in [0, 0.05) is 29.2 Å². The first-order valence-corrected chi connectivity index (χ1v) is 9.66. The minimum absolute atomic E-state index is 0.00838. The predicted octanol–water partition coefficient (Wildman–Crippen LogP) is 4.25. The number of fused-ring (bicyclic) bond motifs is 1. The molecule has 1 aliphatic heterocycles. The van der Waals surface area contributed by atoms with Gasteiger partial charge >= 0.3 is 0 Å². The van der Waals surface area contributed by atoms with E-state index in [1.165, 1.54) is 0 Å². The fraction of sp³-hybridized carbons (Fsp3) is 0.400. The number of benzene rings is 1. The fourth-order valence-corrected chi connectivity index (χ4v) is 3.75. The molecule has 2 aromatic rings. The van der Waals surface area contributed by atoms with E-state index in [1.807, 2.05) is 40.6 Å². The number of hydrogen-bond acceptors (Lipinski definition) is 3. The van der Waals surface area contributed by atoms with E-state index < -0.39 is 0 Å². The SMILES string of the molecule is CC(C)CCN1C(=O)CCc2cc(NC(=O)Cc3cccs3)ccc21. The van der Waals surface area contributed by atoms with Crippen LogP contribution in [0, 0.1) is 5.92 Å². The fourth-order valence-electron chi connectivity index (χ4n) is 3.05. The molecule has 0 fully saturated rings. The van der Waals surface area contributed by atoms with Crippen molar-refractivity contribution in [3.63, 3.8) is 0 Å². The van der Waals surface area contributed by atoms with E-state index in [9.17, 15) is 9.59 Å². The largest absolute Gasteiger partial charge is 0.326 e. The van der Waals surface area contributed by atoms with E-state index in [0.717, 1.165) is 41.2 Å². The number of amides is 2. The highest BCUT2D eigenvalue weighted by Gasteiger charge is 2.24. The summed E-state index contributed by atoms with van der Waals surface area (Å²) < 4.78 is 0. The van der Waals surface area contributed by atoms with Crippen LogP contribution in [0.15, 0.2) is 35.7 Å². The summed E-state index contributed by atoms with van der Waals surface area (Å²) in [6.45, 7) is 5.09. The lowest BCUT2D eigenvalue weighted by Gasteiger charge is -2.30. The highest BCUT2D eigenvalue weighted by Crippen LogP contribution is 2.31. The first kappa shape index (κ1) is 17.7. The molecule has 0 saturated heterocycles. The average molecular weight is 356 g/mol. The van der Waals surface area contributed by atoms with Crippen LogP contribution in [0.5, 0.6) is 0 Å². The van der Waals surface area contributed by atoms with E-state index >= 15 is 0 Å². The van der Waals surface area contributed by atoms with Crippen LogP contribution in [0.25, 0.3) is 0 Å². The van der Waals surface area contributed by atoms with Gasteiger partial charge in [0.05, 0.1) is 6.42 Å². The van der Waals surface area contributed by atoms with Gasteiger partial charge < -0.3 is 10.2 Å². The van der Waals surface area contributed by atoms with Gasteiger partial charge in [-0.1, -0.05) is 19.9 Å². The summed E-state index contributed by atoms with van der Waals surface area (Å²) in [6, 6.07) is 9.79. The van der Waals surface area contributed by atoms with Crippen molar-refractivity contribution in [3.8, 4) is 0 Å². The van der Waals surface area contributed by atoms with E-state index in [4.69, 9.17) is 0 Å². The van der Waals surface area contributed by atoms with Gasteiger partial charge in [-0.15, -0.1) is 11.3 Å². The maximum Gasteiger partial charge on any atom is 0.229 e. The zero-order valence-electron chi connectivity index (χ0n) is 14.7. The van der Waals surface area contributed by atoms with Crippen molar-refractivity contribution in [1.29, 1.82) is 0 Å². The number of aryl methyl sites for hydroxylation is 1. The minimum atomic E-state index is -0.00838. The molecular weight excluding hydrogens is 332 g/mol. The molecule has 2 heterocycles. The number of carbonyl (C=O) groups is 2. The Morgan fingerprint density at radius 3 is 2.84 bits per heavy atom. The third-order valence-corrected chi connectivity index (χ3v) is 5.28. The maximum atomic E-state index is 12.3. The second-order valence-corrected chi connectivity index (χ2v) is 7.91. The normalized spacial score (nSPS) is 13.9. The average Bonchev–Trinajstić information content (AvgIpc) is 3.06. The molecule has 0 spiro atoms. The third-order valence-electron chi connectivity index (χ3n) is 4.41. The lowest BCUT2D eigenvalue weighted by atomic mass is 9.99. The van der Waals surface area contributed by atoms with Crippen LogP contribution in [0.1, 0.15) is 37.1 Å². The molecule has 0 aliphatic carbocycles. The summed E-state index contributed by atoms with van der Waals surface area (Å²) >= 11 is 1.59. The molecule has 0 unspecified atom stereocenters. The molecular formula is C20H24N2O2S. The predicted molar refractivity (Wildman–Crippen MR) is 103 cm³/mol. The summed E-state index contributed by atoms with van der Waals surface area (Å²) in [5, 5.41) is 4.95.